The molecule has 156 valence electrons. The van der Waals surface area contributed by atoms with E-state index < -0.39 is 6.23 Å². The van der Waals surface area contributed by atoms with Gasteiger partial charge in [0, 0.05) is 17.0 Å². The molecular weight excluding hydrogens is 400 g/mol. The largest absolute Gasteiger partial charge is 0.492 e. The van der Waals surface area contributed by atoms with Crippen LogP contribution in [0.25, 0.3) is 11.3 Å². The number of aromatic nitrogens is 3. The minimum atomic E-state index is -0.538. The first-order valence-electron chi connectivity index (χ1n) is 9.95. The molecule has 2 aromatic carbocycles. The Bertz CT molecular complexity index is 1030. The van der Waals surface area contributed by atoms with E-state index in [2.05, 4.69) is 27.4 Å². The maximum atomic E-state index is 6.35. The lowest BCUT2D eigenvalue weighted by atomic mass is 10.1. The number of thioether (sulfide) groups is 1. The molecule has 0 unspecified atom stereocenters. The van der Waals surface area contributed by atoms with Crippen molar-refractivity contribution in [3.63, 3.8) is 0 Å². The van der Waals surface area contributed by atoms with Gasteiger partial charge in [0.25, 0.3) is 0 Å². The monoisotopic (exact) mass is 424 g/mol. The second-order valence-corrected chi connectivity index (χ2v) is 7.66. The lowest BCUT2D eigenvalue weighted by Gasteiger charge is -2.22. The number of nitrogens with one attached hydrogen (secondary N) is 1. The van der Waals surface area contributed by atoms with Crippen molar-refractivity contribution >= 4 is 17.4 Å². The minimum Gasteiger partial charge on any atom is -0.492 e. The normalized spacial score (nSPS) is 14.6. The summed E-state index contributed by atoms with van der Waals surface area (Å²) in [5.74, 6) is 2.65. The molecule has 1 N–H and O–H groups in total. The van der Waals surface area contributed by atoms with Crippen LogP contribution in [0.1, 0.15) is 32.1 Å². The van der Waals surface area contributed by atoms with Crippen molar-refractivity contribution in [1.29, 1.82) is 0 Å². The Labute approximate surface area is 180 Å². The molecule has 0 aliphatic carbocycles. The van der Waals surface area contributed by atoms with Gasteiger partial charge in [-0.1, -0.05) is 43.0 Å². The third kappa shape index (κ3) is 4.00. The Kier molecular flexibility index (Phi) is 6.23. The number of methoxy groups -OCH3 is 1. The van der Waals surface area contributed by atoms with Gasteiger partial charge in [0.2, 0.25) is 17.3 Å². The molecule has 7 nitrogen and oxygen atoms in total. The summed E-state index contributed by atoms with van der Waals surface area (Å²) in [5.41, 5.74) is 3.20. The maximum absolute atomic E-state index is 6.35. The number of para-hydroxylation sites is 2. The molecule has 0 saturated heterocycles. The number of anilines is 1. The summed E-state index contributed by atoms with van der Waals surface area (Å²) < 4.78 is 17.8. The predicted octanol–water partition coefficient (Wildman–Crippen LogP) is 4.95. The van der Waals surface area contributed by atoms with Gasteiger partial charge in [0.05, 0.1) is 19.3 Å². The number of benzene rings is 2. The van der Waals surface area contributed by atoms with Crippen LogP contribution in [-0.2, 0) is 0 Å². The number of nitrogens with zero attached hydrogens (tertiary/aromatic N) is 3. The zero-order valence-corrected chi connectivity index (χ0v) is 18.0. The molecule has 0 saturated carbocycles. The van der Waals surface area contributed by atoms with Crippen LogP contribution < -0.4 is 19.5 Å². The summed E-state index contributed by atoms with van der Waals surface area (Å²) in [6.07, 6.45) is 0.490. The van der Waals surface area contributed by atoms with Crippen molar-refractivity contribution in [3.8, 4) is 28.6 Å². The van der Waals surface area contributed by atoms with Crippen molar-refractivity contribution in [3.05, 3.63) is 48.0 Å². The number of ether oxygens (including phenoxy) is 3. The van der Waals surface area contributed by atoms with Crippen molar-refractivity contribution in [2.75, 3.05) is 24.8 Å². The second-order valence-electron chi connectivity index (χ2n) is 6.60. The van der Waals surface area contributed by atoms with Crippen molar-refractivity contribution in [2.45, 2.75) is 31.7 Å². The Morgan fingerprint density at radius 3 is 2.77 bits per heavy atom. The first kappa shape index (κ1) is 20.3. The van der Waals surface area contributed by atoms with Crippen LogP contribution in [0.4, 0.5) is 5.69 Å². The van der Waals surface area contributed by atoms with Gasteiger partial charge in [0.1, 0.15) is 0 Å². The van der Waals surface area contributed by atoms with Gasteiger partial charge in [-0.2, -0.15) is 4.98 Å². The Hall–Kier alpha value is -3.00. The molecule has 0 amide bonds. The zero-order valence-electron chi connectivity index (χ0n) is 17.2. The fourth-order valence-electron chi connectivity index (χ4n) is 3.27. The van der Waals surface area contributed by atoms with E-state index >= 15 is 0 Å². The summed E-state index contributed by atoms with van der Waals surface area (Å²) >= 11 is 1.57. The van der Waals surface area contributed by atoms with Gasteiger partial charge in [-0.3, -0.25) is 0 Å². The molecule has 8 heteroatoms. The quantitative estimate of drug-likeness (QED) is 0.534. The van der Waals surface area contributed by atoms with Gasteiger partial charge >= 0.3 is 0 Å². The zero-order chi connectivity index (χ0) is 20.9. The van der Waals surface area contributed by atoms with Crippen LogP contribution in [-0.4, -0.2) is 34.7 Å². The van der Waals surface area contributed by atoms with Crippen molar-refractivity contribution in [1.82, 2.24) is 15.2 Å². The van der Waals surface area contributed by atoms with Crippen LogP contribution in [0.2, 0.25) is 0 Å². The fourth-order valence-corrected chi connectivity index (χ4v) is 3.90. The molecule has 0 bridgehead atoms. The van der Waals surface area contributed by atoms with E-state index in [9.17, 15) is 0 Å². The average Bonchev–Trinajstić information content (AvgIpc) is 2.94. The van der Waals surface area contributed by atoms with Crippen LogP contribution >= 0.6 is 11.8 Å². The maximum Gasteiger partial charge on any atom is 0.247 e. The summed E-state index contributed by atoms with van der Waals surface area (Å²) in [6.45, 7) is 4.60. The van der Waals surface area contributed by atoms with Gasteiger partial charge in [-0.05, 0) is 31.5 Å². The average molecular weight is 425 g/mol. The Balaban J connectivity index is 1.81. The van der Waals surface area contributed by atoms with Crippen LogP contribution in [0.3, 0.4) is 0 Å². The van der Waals surface area contributed by atoms with Gasteiger partial charge in [-0.25, -0.2) is 0 Å². The molecule has 3 aromatic rings. The summed E-state index contributed by atoms with van der Waals surface area (Å²) in [6, 6.07) is 13.7. The lowest BCUT2D eigenvalue weighted by Crippen LogP contribution is -2.18. The van der Waals surface area contributed by atoms with Gasteiger partial charge < -0.3 is 19.5 Å². The van der Waals surface area contributed by atoms with E-state index in [-0.39, 0.29) is 0 Å². The van der Waals surface area contributed by atoms with Crippen LogP contribution in [0.15, 0.2) is 47.6 Å². The third-order valence-corrected chi connectivity index (χ3v) is 5.61. The molecule has 2 heterocycles. The molecule has 30 heavy (non-hydrogen) atoms. The highest BCUT2D eigenvalue weighted by atomic mass is 32.2. The molecule has 1 atom stereocenters. The molecule has 1 aliphatic heterocycles. The SMILES string of the molecule is CCCSc1nnc2c(n1)O[C@@H](c1cccc(OCC)c1OC)Nc1ccccc1-2. The van der Waals surface area contributed by atoms with E-state index in [1.165, 1.54) is 0 Å². The molecule has 1 aliphatic rings. The Morgan fingerprint density at radius 1 is 1.10 bits per heavy atom. The molecule has 0 fully saturated rings. The minimum absolute atomic E-state index is 0.440. The highest BCUT2D eigenvalue weighted by Gasteiger charge is 2.28. The van der Waals surface area contributed by atoms with Crippen molar-refractivity contribution < 1.29 is 14.2 Å². The van der Waals surface area contributed by atoms with E-state index in [0.29, 0.717) is 34.8 Å². The first-order valence-corrected chi connectivity index (χ1v) is 10.9. The van der Waals surface area contributed by atoms with Crippen LogP contribution in [0, 0.1) is 0 Å². The van der Waals surface area contributed by atoms with Gasteiger partial charge in [-0.15, -0.1) is 10.2 Å². The first-order chi connectivity index (χ1) is 14.7. The standard InChI is InChI=1S/C22H24N4O3S/c1-4-13-30-22-24-21-18(25-26-22)14-9-6-7-11-16(14)23-20(29-21)15-10-8-12-17(28-5-2)19(15)27-3/h6-12,20,23H,4-5,13H2,1-3H3/t20-/m0/s1. The van der Waals surface area contributed by atoms with E-state index in [4.69, 9.17) is 14.2 Å². The van der Waals surface area contributed by atoms with Crippen molar-refractivity contribution in [2.24, 2.45) is 0 Å². The summed E-state index contributed by atoms with van der Waals surface area (Å²) in [7, 11) is 1.63. The fraction of sp³-hybridized carbons (Fsp3) is 0.318. The molecule has 0 radical (unpaired) electrons. The van der Waals surface area contributed by atoms with Crippen LogP contribution in [0.5, 0.6) is 17.4 Å². The number of hydrogen-bond donors (Lipinski definition) is 1. The number of hydrogen-bond acceptors (Lipinski definition) is 8. The number of fused-ring (bicyclic) bond motifs is 3. The number of rotatable bonds is 7. The highest BCUT2D eigenvalue weighted by Crippen LogP contribution is 2.43. The van der Waals surface area contributed by atoms with Gasteiger partial charge in [0.15, 0.2) is 17.2 Å². The highest BCUT2D eigenvalue weighted by molar-refractivity contribution is 7.99. The summed E-state index contributed by atoms with van der Waals surface area (Å²) in [5, 5.41) is 12.8. The topological polar surface area (TPSA) is 78.4 Å². The van der Waals surface area contributed by atoms with E-state index in [0.717, 1.165) is 29.0 Å². The predicted molar refractivity (Wildman–Crippen MR) is 117 cm³/mol. The summed E-state index contributed by atoms with van der Waals surface area (Å²) in [4.78, 5) is 4.65. The molecule has 0 spiro atoms. The molecular formula is C22H24N4O3S. The smallest absolute Gasteiger partial charge is 0.247 e. The molecule has 1 aromatic heterocycles. The molecule has 4 rings (SSSR count). The lowest BCUT2D eigenvalue weighted by molar-refractivity contribution is 0.217. The third-order valence-electron chi connectivity index (χ3n) is 4.56. The second kappa shape index (κ2) is 9.21. The Morgan fingerprint density at radius 2 is 1.97 bits per heavy atom. The van der Waals surface area contributed by atoms with E-state index in [1.54, 1.807) is 18.9 Å². The van der Waals surface area contributed by atoms with E-state index in [1.807, 2.05) is 49.4 Å².